The summed E-state index contributed by atoms with van der Waals surface area (Å²) in [6.45, 7) is 4.67. The minimum atomic E-state index is 0.352. The zero-order chi connectivity index (χ0) is 9.97. The van der Waals surface area contributed by atoms with Crippen LogP contribution in [-0.4, -0.2) is 35.2 Å². The number of nitrogen functional groups attached to an aromatic ring is 1. The van der Waals surface area contributed by atoms with E-state index < -0.39 is 0 Å². The van der Waals surface area contributed by atoms with Crippen LogP contribution in [-0.2, 0) is 4.74 Å². The van der Waals surface area contributed by atoms with E-state index in [4.69, 9.17) is 10.5 Å². The Morgan fingerprint density at radius 3 is 3.21 bits per heavy atom. The van der Waals surface area contributed by atoms with Gasteiger partial charge in [0.1, 0.15) is 0 Å². The van der Waals surface area contributed by atoms with Crippen molar-refractivity contribution in [3.05, 3.63) is 0 Å². The van der Waals surface area contributed by atoms with Crippen LogP contribution in [0.25, 0.3) is 0 Å². The number of nitrogens with zero attached hydrogens (tertiary/aromatic N) is 3. The molecule has 0 bridgehead atoms. The molecule has 2 heterocycles. The molecule has 2 rings (SSSR count). The van der Waals surface area contributed by atoms with Gasteiger partial charge in [0, 0.05) is 24.7 Å². The Morgan fingerprint density at radius 2 is 2.50 bits per heavy atom. The van der Waals surface area contributed by atoms with Crippen LogP contribution >= 0.6 is 11.5 Å². The minimum absolute atomic E-state index is 0.352. The fraction of sp³-hybridized carbons (Fsp3) is 0.750. The van der Waals surface area contributed by atoms with Crippen molar-refractivity contribution in [2.24, 2.45) is 0 Å². The quantitative estimate of drug-likeness (QED) is 0.747. The van der Waals surface area contributed by atoms with E-state index in [0.717, 1.165) is 31.3 Å². The molecule has 1 aromatic rings. The average molecular weight is 214 g/mol. The molecule has 1 unspecified atom stereocenters. The summed E-state index contributed by atoms with van der Waals surface area (Å²) in [5.74, 6) is 0.363. The van der Waals surface area contributed by atoms with Crippen molar-refractivity contribution in [2.45, 2.75) is 19.4 Å². The van der Waals surface area contributed by atoms with Crippen LogP contribution < -0.4 is 10.6 Å². The van der Waals surface area contributed by atoms with Crippen molar-refractivity contribution in [3.63, 3.8) is 0 Å². The van der Waals surface area contributed by atoms with Gasteiger partial charge in [0.05, 0.1) is 12.6 Å². The van der Waals surface area contributed by atoms with Gasteiger partial charge in [-0.3, -0.25) is 0 Å². The number of anilines is 2. The highest BCUT2D eigenvalue weighted by Gasteiger charge is 2.20. The van der Waals surface area contributed by atoms with Gasteiger partial charge in [0.15, 0.2) is 0 Å². The molecule has 2 N–H and O–H groups in total. The Bertz CT molecular complexity index is 303. The van der Waals surface area contributed by atoms with Crippen LogP contribution in [0, 0.1) is 0 Å². The molecule has 78 valence electrons. The van der Waals surface area contributed by atoms with Crippen LogP contribution in [0.5, 0.6) is 0 Å². The summed E-state index contributed by atoms with van der Waals surface area (Å²) >= 11 is 1.35. The highest BCUT2D eigenvalue weighted by molar-refractivity contribution is 7.09. The van der Waals surface area contributed by atoms with Gasteiger partial charge in [-0.15, -0.1) is 0 Å². The maximum Gasteiger partial charge on any atom is 0.233 e. The minimum Gasteiger partial charge on any atom is -0.379 e. The second-order valence-corrected chi connectivity index (χ2v) is 4.14. The van der Waals surface area contributed by atoms with Crippen LogP contribution in [0.2, 0.25) is 0 Å². The van der Waals surface area contributed by atoms with Crippen LogP contribution in [0.3, 0.4) is 0 Å². The smallest absolute Gasteiger partial charge is 0.233 e. The third-order valence-electron chi connectivity index (χ3n) is 2.26. The van der Waals surface area contributed by atoms with Gasteiger partial charge in [0.25, 0.3) is 0 Å². The molecule has 1 aliphatic rings. The van der Waals surface area contributed by atoms with Crippen LogP contribution in [0.15, 0.2) is 0 Å². The summed E-state index contributed by atoms with van der Waals surface area (Å²) in [5, 5.41) is 0.903. The first-order chi connectivity index (χ1) is 6.77. The van der Waals surface area contributed by atoms with Crippen molar-refractivity contribution >= 4 is 22.6 Å². The molecule has 0 aliphatic carbocycles. The molecule has 1 aromatic heterocycles. The second kappa shape index (κ2) is 4.10. The van der Waals surface area contributed by atoms with Gasteiger partial charge in [-0.1, -0.05) is 0 Å². The van der Waals surface area contributed by atoms with Crippen molar-refractivity contribution in [3.8, 4) is 0 Å². The number of hydrogen-bond acceptors (Lipinski definition) is 6. The first-order valence-corrected chi connectivity index (χ1v) is 5.48. The number of hydrogen-bond donors (Lipinski definition) is 1. The molecule has 5 nitrogen and oxygen atoms in total. The number of nitrogens with two attached hydrogens (primary N) is 1. The van der Waals surface area contributed by atoms with E-state index in [1.807, 2.05) is 0 Å². The maximum absolute atomic E-state index is 5.50. The van der Waals surface area contributed by atoms with Gasteiger partial charge in [-0.2, -0.15) is 9.36 Å². The second-order valence-electron chi connectivity index (χ2n) is 3.41. The predicted octanol–water partition coefficient (Wildman–Crippen LogP) is 0.736. The van der Waals surface area contributed by atoms with Gasteiger partial charge in [-0.05, 0) is 13.3 Å². The Hall–Kier alpha value is -0.880. The van der Waals surface area contributed by atoms with Crippen molar-refractivity contribution in [1.29, 1.82) is 0 Å². The molecule has 6 heteroatoms. The lowest BCUT2D eigenvalue weighted by atomic mass is 10.3. The number of ether oxygens (including phenoxy) is 1. The molecule has 14 heavy (non-hydrogen) atoms. The van der Waals surface area contributed by atoms with Crippen molar-refractivity contribution in [2.75, 3.05) is 30.4 Å². The maximum atomic E-state index is 5.50. The SMILES string of the molecule is CC1COCCCN1c1nc(N)ns1. The van der Waals surface area contributed by atoms with E-state index in [0.29, 0.717) is 12.0 Å². The molecule has 0 spiro atoms. The van der Waals surface area contributed by atoms with Crippen LogP contribution in [0.1, 0.15) is 13.3 Å². The Balaban J connectivity index is 2.14. The topological polar surface area (TPSA) is 64.3 Å². The lowest BCUT2D eigenvalue weighted by Gasteiger charge is -2.24. The van der Waals surface area contributed by atoms with E-state index >= 15 is 0 Å². The Kier molecular flexibility index (Phi) is 2.83. The first-order valence-electron chi connectivity index (χ1n) is 4.71. The zero-order valence-corrected chi connectivity index (χ0v) is 8.96. The van der Waals surface area contributed by atoms with E-state index in [-0.39, 0.29) is 0 Å². The summed E-state index contributed by atoms with van der Waals surface area (Å²) in [5.41, 5.74) is 5.50. The van der Waals surface area contributed by atoms with Crippen molar-refractivity contribution < 1.29 is 4.74 Å². The molecular formula is C8H14N4OS. The molecule has 1 saturated heterocycles. The Morgan fingerprint density at radius 1 is 1.64 bits per heavy atom. The first kappa shape index (κ1) is 9.67. The third-order valence-corrected chi connectivity index (χ3v) is 3.02. The van der Waals surface area contributed by atoms with E-state index in [1.165, 1.54) is 11.5 Å². The van der Waals surface area contributed by atoms with Crippen molar-refractivity contribution in [1.82, 2.24) is 9.36 Å². The van der Waals surface area contributed by atoms with Gasteiger partial charge >= 0.3 is 0 Å². The number of rotatable bonds is 1. The molecule has 1 aliphatic heterocycles. The predicted molar refractivity (Wildman–Crippen MR) is 56.6 cm³/mol. The highest BCUT2D eigenvalue weighted by atomic mass is 32.1. The van der Waals surface area contributed by atoms with Gasteiger partial charge < -0.3 is 15.4 Å². The lowest BCUT2D eigenvalue weighted by Crippen LogP contribution is -2.34. The molecular weight excluding hydrogens is 200 g/mol. The van der Waals surface area contributed by atoms with Gasteiger partial charge in [0.2, 0.25) is 11.1 Å². The average Bonchev–Trinajstić information content (AvgIpc) is 2.46. The molecule has 1 fully saturated rings. The highest BCUT2D eigenvalue weighted by Crippen LogP contribution is 2.22. The largest absolute Gasteiger partial charge is 0.379 e. The summed E-state index contributed by atoms with van der Waals surface area (Å²) in [7, 11) is 0. The molecule has 0 amide bonds. The summed E-state index contributed by atoms with van der Waals surface area (Å²) in [4.78, 5) is 6.39. The number of aromatic nitrogens is 2. The molecule has 0 radical (unpaired) electrons. The normalized spacial score (nSPS) is 23.5. The zero-order valence-electron chi connectivity index (χ0n) is 8.14. The Labute approximate surface area is 87.0 Å². The standard InChI is InChI=1S/C8H14N4OS/c1-6-5-13-4-2-3-12(6)8-10-7(9)11-14-8/h6H,2-5H2,1H3,(H2,9,11). The van der Waals surface area contributed by atoms with E-state index in [1.54, 1.807) is 0 Å². The fourth-order valence-electron chi connectivity index (χ4n) is 1.53. The monoisotopic (exact) mass is 214 g/mol. The molecule has 0 saturated carbocycles. The lowest BCUT2D eigenvalue weighted by molar-refractivity contribution is 0.137. The molecule has 0 aromatic carbocycles. The van der Waals surface area contributed by atoms with E-state index in [2.05, 4.69) is 21.2 Å². The molecule has 1 atom stereocenters. The summed E-state index contributed by atoms with van der Waals surface area (Å²) in [6.07, 6.45) is 1.03. The van der Waals surface area contributed by atoms with Crippen LogP contribution in [0.4, 0.5) is 11.1 Å². The van der Waals surface area contributed by atoms with Gasteiger partial charge in [-0.25, -0.2) is 0 Å². The summed E-state index contributed by atoms with van der Waals surface area (Å²) in [6, 6.07) is 0.352. The third kappa shape index (κ3) is 1.96. The summed E-state index contributed by atoms with van der Waals surface area (Å²) < 4.78 is 9.43. The fourth-order valence-corrected chi connectivity index (χ4v) is 2.25. The van der Waals surface area contributed by atoms with E-state index in [9.17, 15) is 0 Å².